The quantitative estimate of drug-likeness (QED) is 0.692. The molecule has 5 fully saturated rings. The van der Waals surface area contributed by atoms with E-state index in [0.717, 1.165) is 63.9 Å². The summed E-state index contributed by atoms with van der Waals surface area (Å²) in [4.78, 5) is 15.3. The zero-order valence-corrected chi connectivity index (χ0v) is 18.1. The number of amides is 1. The van der Waals surface area contributed by atoms with Gasteiger partial charge in [-0.15, -0.1) is 0 Å². The number of hydrogen-bond acceptors (Lipinski definition) is 5. The Hall–Kier alpha value is -1.31. The van der Waals surface area contributed by atoms with Crippen molar-refractivity contribution in [2.24, 2.45) is 24.8 Å². The van der Waals surface area contributed by atoms with Crippen LogP contribution >= 0.6 is 11.6 Å². The lowest BCUT2D eigenvalue weighted by Crippen LogP contribution is -2.61. The summed E-state index contributed by atoms with van der Waals surface area (Å²) in [5.41, 5.74) is -0.183. The normalized spacial score (nSPS) is 38.3. The van der Waals surface area contributed by atoms with E-state index in [1.54, 1.807) is 4.68 Å². The SMILES string of the molecule is CN(c1c(Cl)c(C(=O)N[C@H]2C3CC4CC2C[C@](O)(C4)C3)nn1C)[C@H]1CCCNC1. The van der Waals surface area contributed by atoms with Crippen molar-refractivity contribution in [1.82, 2.24) is 20.4 Å². The summed E-state index contributed by atoms with van der Waals surface area (Å²) in [5, 5.41) is 22.4. The van der Waals surface area contributed by atoms with Crippen LogP contribution in [0.15, 0.2) is 0 Å². The van der Waals surface area contributed by atoms with Crippen LogP contribution < -0.4 is 15.5 Å². The molecule has 1 aromatic rings. The number of hydrogen-bond donors (Lipinski definition) is 3. The number of aryl methyl sites for hydroxylation is 1. The highest BCUT2D eigenvalue weighted by molar-refractivity contribution is 6.36. The predicted molar refractivity (Wildman–Crippen MR) is 112 cm³/mol. The largest absolute Gasteiger partial charge is 0.390 e. The maximum Gasteiger partial charge on any atom is 0.273 e. The molecule has 1 amide bonds. The molecular formula is C21H32ClN5O2. The molecule has 4 aliphatic carbocycles. The molecule has 3 atom stereocenters. The lowest BCUT2D eigenvalue weighted by molar-refractivity contribution is -0.136. The summed E-state index contributed by atoms with van der Waals surface area (Å²) < 4.78 is 1.73. The van der Waals surface area contributed by atoms with E-state index in [-0.39, 0.29) is 11.9 Å². The Labute approximate surface area is 177 Å². The molecule has 160 valence electrons. The van der Waals surface area contributed by atoms with Crippen LogP contribution in [0, 0.1) is 17.8 Å². The fourth-order valence-electron chi connectivity index (χ4n) is 6.79. The predicted octanol–water partition coefficient (Wildman–Crippen LogP) is 1.93. The molecule has 4 saturated carbocycles. The van der Waals surface area contributed by atoms with Crippen LogP contribution in [0.1, 0.15) is 55.4 Å². The molecule has 0 aromatic carbocycles. The van der Waals surface area contributed by atoms with Crippen molar-refractivity contribution >= 4 is 23.3 Å². The van der Waals surface area contributed by atoms with Gasteiger partial charge in [-0.25, -0.2) is 0 Å². The van der Waals surface area contributed by atoms with E-state index in [2.05, 4.69) is 20.6 Å². The number of likely N-dealkylation sites (N-methyl/N-ethyl adjacent to an activating group) is 1. The lowest BCUT2D eigenvalue weighted by Gasteiger charge is -2.58. The molecule has 8 heteroatoms. The average Bonchev–Trinajstić information content (AvgIpc) is 2.97. The number of nitrogens with one attached hydrogen (secondary N) is 2. The number of rotatable bonds is 4. The van der Waals surface area contributed by atoms with Gasteiger partial charge in [-0.1, -0.05) is 11.6 Å². The minimum absolute atomic E-state index is 0.126. The van der Waals surface area contributed by atoms with Crippen molar-refractivity contribution < 1.29 is 9.90 Å². The summed E-state index contributed by atoms with van der Waals surface area (Å²) >= 11 is 6.68. The smallest absolute Gasteiger partial charge is 0.273 e. The molecule has 5 aliphatic rings. The number of piperidine rings is 1. The first-order valence-electron chi connectivity index (χ1n) is 11.0. The van der Waals surface area contributed by atoms with E-state index in [0.29, 0.717) is 34.5 Å². The highest BCUT2D eigenvalue weighted by Gasteiger charge is 2.55. The van der Waals surface area contributed by atoms with Gasteiger partial charge in [-0.2, -0.15) is 5.10 Å². The molecule has 3 N–H and O–H groups in total. The molecule has 29 heavy (non-hydrogen) atoms. The molecule has 1 saturated heterocycles. The number of anilines is 1. The standard InChI is InChI=1S/C21H32ClN5O2/c1-26(15-4-3-5-23-11-15)20-16(22)18(25-27(20)2)19(28)24-17-13-6-12-7-14(17)10-21(29,8-12)9-13/h12-15,17,23,29H,3-11H2,1-2H3,(H,24,28)/t12?,13?,14?,15-,17-,21-/m0/s1. The molecule has 7 nitrogen and oxygen atoms in total. The molecule has 1 aliphatic heterocycles. The van der Waals surface area contributed by atoms with Crippen LogP contribution in [0.3, 0.4) is 0 Å². The number of nitrogens with zero attached hydrogens (tertiary/aromatic N) is 3. The summed E-state index contributed by atoms with van der Waals surface area (Å²) in [6.45, 7) is 1.96. The Bertz CT molecular complexity index is 789. The summed E-state index contributed by atoms with van der Waals surface area (Å²) in [6, 6.07) is 0.471. The van der Waals surface area contributed by atoms with Crippen molar-refractivity contribution in [1.29, 1.82) is 0 Å². The van der Waals surface area contributed by atoms with Gasteiger partial charge in [0, 0.05) is 32.7 Å². The number of aromatic nitrogens is 2. The van der Waals surface area contributed by atoms with Crippen LogP contribution in [0.2, 0.25) is 5.02 Å². The van der Waals surface area contributed by atoms with E-state index < -0.39 is 5.60 Å². The maximum atomic E-state index is 13.1. The van der Waals surface area contributed by atoms with Gasteiger partial charge >= 0.3 is 0 Å². The van der Waals surface area contributed by atoms with Gasteiger partial charge in [0.25, 0.3) is 5.91 Å². The van der Waals surface area contributed by atoms with Gasteiger partial charge in [0.15, 0.2) is 5.69 Å². The van der Waals surface area contributed by atoms with Gasteiger partial charge in [-0.3, -0.25) is 9.48 Å². The van der Waals surface area contributed by atoms with Crippen molar-refractivity contribution in [3.05, 3.63) is 10.7 Å². The van der Waals surface area contributed by atoms with E-state index in [1.807, 2.05) is 14.1 Å². The average molecular weight is 422 g/mol. The first-order chi connectivity index (χ1) is 13.8. The third-order valence-electron chi connectivity index (χ3n) is 7.87. The van der Waals surface area contributed by atoms with Crippen LogP contribution in [0.4, 0.5) is 5.82 Å². The Balaban J connectivity index is 1.33. The third-order valence-corrected chi connectivity index (χ3v) is 8.22. The number of carbonyl (C=O) groups excluding carboxylic acids is 1. The van der Waals surface area contributed by atoms with Crippen LogP contribution in [-0.2, 0) is 7.05 Å². The topological polar surface area (TPSA) is 82.4 Å². The Kier molecular flexibility index (Phi) is 4.83. The van der Waals surface area contributed by atoms with Gasteiger partial charge in [-0.05, 0) is 69.2 Å². The van der Waals surface area contributed by atoms with Crippen molar-refractivity contribution in [3.63, 3.8) is 0 Å². The third kappa shape index (κ3) is 3.35. The summed E-state index contributed by atoms with van der Waals surface area (Å²) in [6.07, 6.45) is 7.02. The first kappa shape index (κ1) is 19.6. The fourth-order valence-corrected chi connectivity index (χ4v) is 7.17. The van der Waals surface area contributed by atoms with Crippen molar-refractivity contribution in [3.8, 4) is 0 Å². The number of carbonyl (C=O) groups is 1. The molecule has 1 aromatic heterocycles. The molecule has 0 radical (unpaired) electrons. The van der Waals surface area contributed by atoms with E-state index in [1.165, 1.54) is 0 Å². The van der Waals surface area contributed by atoms with Crippen molar-refractivity contribution in [2.75, 3.05) is 25.0 Å². The molecule has 0 spiro atoms. The Morgan fingerprint density at radius 3 is 2.69 bits per heavy atom. The van der Waals surface area contributed by atoms with E-state index in [9.17, 15) is 9.90 Å². The Morgan fingerprint density at radius 2 is 2.07 bits per heavy atom. The van der Waals surface area contributed by atoms with Gasteiger partial charge in [0.05, 0.1) is 5.60 Å². The van der Waals surface area contributed by atoms with Gasteiger partial charge in [0.1, 0.15) is 10.8 Å². The van der Waals surface area contributed by atoms with E-state index >= 15 is 0 Å². The zero-order chi connectivity index (χ0) is 20.3. The molecule has 2 heterocycles. The molecule has 2 unspecified atom stereocenters. The van der Waals surface area contributed by atoms with Crippen LogP contribution in [-0.4, -0.2) is 58.6 Å². The lowest BCUT2D eigenvalue weighted by atomic mass is 9.52. The molecule has 6 rings (SSSR count). The van der Waals surface area contributed by atoms with Gasteiger partial charge < -0.3 is 20.6 Å². The summed E-state index contributed by atoms with van der Waals surface area (Å²) in [5.74, 6) is 1.97. The molecule has 4 bridgehead atoms. The second kappa shape index (κ2) is 7.13. The summed E-state index contributed by atoms with van der Waals surface area (Å²) in [7, 11) is 3.88. The number of aliphatic hydroxyl groups is 1. The highest BCUT2D eigenvalue weighted by Crippen LogP contribution is 2.55. The van der Waals surface area contributed by atoms with Gasteiger partial charge in [0.2, 0.25) is 0 Å². The second-order valence-electron chi connectivity index (χ2n) is 9.91. The Morgan fingerprint density at radius 1 is 1.34 bits per heavy atom. The monoisotopic (exact) mass is 421 g/mol. The minimum Gasteiger partial charge on any atom is -0.390 e. The van der Waals surface area contributed by atoms with E-state index in [4.69, 9.17) is 11.6 Å². The van der Waals surface area contributed by atoms with Crippen LogP contribution in [0.25, 0.3) is 0 Å². The van der Waals surface area contributed by atoms with Crippen molar-refractivity contribution in [2.45, 2.75) is 62.6 Å². The minimum atomic E-state index is -0.496. The highest BCUT2D eigenvalue weighted by atomic mass is 35.5. The fraction of sp³-hybridized carbons (Fsp3) is 0.810. The number of halogens is 1. The maximum absolute atomic E-state index is 13.1. The first-order valence-corrected chi connectivity index (χ1v) is 11.4. The molecular weight excluding hydrogens is 390 g/mol. The zero-order valence-electron chi connectivity index (χ0n) is 17.3. The van der Waals surface area contributed by atoms with Crippen LogP contribution in [0.5, 0.6) is 0 Å². The second-order valence-corrected chi connectivity index (χ2v) is 10.3.